The topological polar surface area (TPSA) is 38.7 Å². The molecule has 0 amide bonds. The molecule has 0 saturated carbocycles. The fraction of sp³-hybridized carbons (Fsp3) is 0.455. The predicted molar refractivity (Wildman–Crippen MR) is 55.0 cm³/mol. The van der Waals surface area contributed by atoms with Crippen molar-refractivity contribution in [3.63, 3.8) is 0 Å². The molecule has 1 aromatic carbocycles. The molecule has 0 radical (unpaired) electrons. The van der Waals surface area contributed by atoms with Crippen molar-refractivity contribution < 1.29 is 14.6 Å². The first-order chi connectivity index (χ1) is 6.72. The molecular formula is C11H16O3. The lowest BCUT2D eigenvalue weighted by Gasteiger charge is -2.12. The van der Waals surface area contributed by atoms with Crippen LogP contribution in [0.4, 0.5) is 0 Å². The number of hydrogen-bond acceptors (Lipinski definition) is 3. The summed E-state index contributed by atoms with van der Waals surface area (Å²) in [4.78, 5) is 0. The maximum atomic E-state index is 9.01. The third-order valence-corrected chi connectivity index (χ3v) is 2.25. The van der Waals surface area contributed by atoms with Gasteiger partial charge in [0.1, 0.15) is 0 Å². The standard InChI is InChI=1S/C11H16O3/c1-8(7-12)9-4-5-10(13-2)11(6-9)14-3/h4-6,8,12H,7H2,1-3H3. The molecule has 0 aliphatic carbocycles. The maximum Gasteiger partial charge on any atom is 0.160 e. The fourth-order valence-corrected chi connectivity index (χ4v) is 1.26. The molecule has 14 heavy (non-hydrogen) atoms. The van der Waals surface area contributed by atoms with Gasteiger partial charge in [-0.25, -0.2) is 0 Å². The van der Waals surface area contributed by atoms with E-state index in [1.54, 1.807) is 14.2 Å². The van der Waals surface area contributed by atoms with Gasteiger partial charge in [-0.05, 0) is 17.7 Å². The van der Waals surface area contributed by atoms with Crippen molar-refractivity contribution >= 4 is 0 Å². The minimum absolute atomic E-state index is 0.120. The Morgan fingerprint density at radius 3 is 2.36 bits per heavy atom. The van der Waals surface area contributed by atoms with Gasteiger partial charge in [-0.3, -0.25) is 0 Å². The average molecular weight is 196 g/mol. The summed E-state index contributed by atoms with van der Waals surface area (Å²) in [5.74, 6) is 1.53. The van der Waals surface area contributed by atoms with Crippen LogP contribution in [0.1, 0.15) is 18.4 Å². The van der Waals surface area contributed by atoms with Gasteiger partial charge >= 0.3 is 0 Å². The Hall–Kier alpha value is -1.22. The third kappa shape index (κ3) is 2.17. The predicted octanol–water partition coefficient (Wildman–Crippen LogP) is 1.80. The van der Waals surface area contributed by atoms with Crippen LogP contribution in [0.15, 0.2) is 18.2 Å². The molecule has 0 aromatic heterocycles. The number of benzene rings is 1. The minimum Gasteiger partial charge on any atom is -0.493 e. The summed E-state index contributed by atoms with van der Waals surface area (Å²) in [6, 6.07) is 5.67. The van der Waals surface area contributed by atoms with E-state index in [1.165, 1.54) is 0 Å². The minimum atomic E-state index is 0.120. The Bertz CT molecular complexity index is 297. The smallest absolute Gasteiger partial charge is 0.160 e. The van der Waals surface area contributed by atoms with Crippen molar-refractivity contribution in [3.05, 3.63) is 23.8 Å². The number of methoxy groups -OCH3 is 2. The van der Waals surface area contributed by atoms with Gasteiger partial charge in [0.15, 0.2) is 11.5 Å². The molecule has 0 bridgehead atoms. The second-order valence-electron chi connectivity index (χ2n) is 3.20. The molecule has 1 unspecified atom stereocenters. The van der Waals surface area contributed by atoms with Crippen LogP contribution in [0.25, 0.3) is 0 Å². The first kappa shape index (κ1) is 10.9. The average Bonchev–Trinajstić information content (AvgIpc) is 2.26. The molecule has 1 N–H and O–H groups in total. The molecule has 3 heteroatoms. The van der Waals surface area contributed by atoms with Crippen LogP contribution in [0, 0.1) is 0 Å². The molecule has 0 fully saturated rings. The van der Waals surface area contributed by atoms with E-state index in [0.29, 0.717) is 11.5 Å². The molecule has 1 atom stereocenters. The summed E-state index contributed by atoms with van der Waals surface area (Å²) >= 11 is 0. The quantitative estimate of drug-likeness (QED) is 0.798. The summed E-state index contributed by atoms with van der Waals surface area (Å²) in [7, 11) is 3.21. The molecule has 0 aliphatic rings. The van der Waals surface area contributed by atoms with Gasteiger partial charge in [-0.2, -0.15) is 0 Å². The van der Waals surface area contributed by atoms with Gasteiger partial charge in [0, 0.05) is 12.5 Å². The molecule has 1 rings (SSSR count). The van der Waals surface area contributed by atoms with Crippen LogP contribution >= 0.6 is 0 Å². The first-order valence-corrected chi connectivity index (χ1v) is 4.55. The van der Waals surface area contributed by atoms with E-state index in [9.17, 15) is 0 Å². The van der Waals surface area contributed by atoms with Gasteiger partial charge in [0.05, 0.1) is 14.2 Å². The molecule has 0 aliphatic heterocycles. The van der Waals surface area contributed by atoms with Gasteiger partial charge in [0.2, 0.25) is 0 Å². The summed E-state index contributed by atoms with van der Waals surface area (Å²) < 4.78 is 10.3. The fourth-order valence-electron chi connectivity index (χ4n) is 1.26. The van der Waals surface area contributed by atoms with Crippen molar-refractivity contribution in [1.82, 2.24) is 0 Å². The molecule has 0 saturated heterocycles. The van der Waals surface area contributed by atoms with Gasteiger partial charge in [-0.1, -0.05) is 13.0 Å². The number of hydrogen-bond donors (Lipinski definition) is 1. The Morgan fingerprint density at radius 1 is 1.21 bits per heavy atom. The van der Waals surface area contributed by atoms with Gasteiger partial charge < -0.3 is 14.6 Å². The van der Waals surface area contributed by atoms with Crippen LogP contribution in [-0.4, -0.2) is 25.9 Å². The maximum absolute atomic E-state index is 9.01. The van der Waals surface area contributed by atoms with Crippen molar-refractivity contribution in [1.29, 1.82) is 0 Å². The highest BCUT2D eigenvalue weighted by atomic mass is 16.5. The van der Waals surface area contributed by atoms with Gasteiger partial charge in [0.25, 0.3) is 0 Å². The van der Waals surface area contributed by atoms with E-state index >= 15 is 0 Å². The van der Waals surface area contributed by atoms with Crippen molar-refractivity contribution in [2.45, 2.75) is 12.8 Å². The second kappa shape index (κ2) is 4.86. The zero-order valence-corrected chi connectivity index (χ0v) is 8.78. The normalized spacial score (nSPS) is 12.3. The summed E-state index contributed by atoms with van der Waals surface area (Å²) in [5.41, 5.74) is 1.05. The first-order valence-electron chi connectivity index (χ1n) is 4.55. The van der Waals surface area contributed by atoms with Crippen molar-refractivity contribution in [3.8, 4) is 11.5 Å². The third-order valence-electron chi connectivity index (χ3n) is 2.25. The summed E-state index contributed by atoms with van der Waals surface area (Å²) in [6.07, 6.45) is 0. The lowest BCUT2D eigenvalue weighted by molar-refractivity contribution is 0.272. The van der Waals surface area contributed by atoms with Crippen LogP contribution in [-0.2, 0) is 0 Å². The van der Waals surface area contributed by atoms with Crippen LogP contribution in [0.5, 0.6) is 11.5 Å². The van der Waals surface area contributed by atoms with Crippen LogP contribution in [0.3, 0.4) is 0 Å². The van der Waals surface area contributed by atoms with E-state index in [1.807, 2.05) is 25.1 Å². The lowest BCUT2D eigenvalue weighted by atomic mass is 10.0. The number of rotatable bonds is 4. The zero-order chi connectivity index (χ0) is 10.6. The van der Waals surface area contributed by atoms with E-state index < -0.39 is 0 Å². The highest BCUT2D eigenvalue weighted by Gasteiger charge is 2.08. The Morgan fingerprint density at radius 2 is 1.86 bits per heavy atom. The van der Waals surface area contributed by atoms with E-state index in [2.05, 4.69) is 0 Å². The van der Waals surface area contributed by atoms with E-state index in [4.69, 9.17) is 14.6 Å². The lowest BCUT2D eigenvalue weighted by Crippen LogP contribution is -2.00. The van der Waals surface area contributed by atoms with E-state index in [0.717, 1.165) is 5.56 Å². The molecule has 0 spiro atoms. The van der Waals surface area contributed by atoms with Crippen molar-refractivity contribution in [2.75, 3.05) is 20.8 Å². The Kier molecular flexibility index (Phi) is 3.77. The monoisotopic (exact) mass is 196 g/mol. The Labute approximate surface area is 84.3 Å². The highest BCUT2D eigenvalue weighted by molar-refractivity contribution is 5.43. The number of aliphatic hydroxyl groups excluding tert-OH is 1. The van der Waals surface area contributed by atoms with Crippen LogP contribution in [0.2, 0.25) is 0 Å². The number of aliphatic hydroxyl groups is 1. The largest absolute Gasteiger partial charge is 0.493 e. The highest BCUT2D eigenvalue weighted by Crippen LogP contribution is 2.30. The molecule has 1 aromatic rings. The molecule has 3 nitrogen and oxygen atoms in total. The zero-order valence-electron chi connectivity index (χ0n) is 8.78. The molecular weight excluding hydrogens is 180 g/mol. The van der Waals surface area contributed by atoms with Gasteiger partial charge in [-0.15, -0.1) is 0 Å². The summed E-state index contributed by atoms with van der Waals surface area (Å²) in [6.45, 7) is 2.09. The molecule has 78 valence electrons. The second-order valence-corrected chi connectivity index (χ2v) is 3.20. The van der Waals surface area contributed by atoms with E-state index in [-0.39, 0.29) is 12.5 Å². The van der Waals surface area contributed by atoms with Crippen molar-refractivity contribution in [2.24, 2.45) is 0 Å². The van der Waals surface area contributed by atoms with Crippen LogP contribution < -0.4 is 9.47 Å². The number of ether oxygens (including phenoxy) is 2. The molecule has 0 heterocycles. The summed E-state index contributed by atoms with van der Waals surface area (Å²) in [5, 5.41) is 9.01. The Balaban J connectivity index is 3.01. The SMILES string of the molecule is COc1ccc(C(C)CO)cc1OC.